The van der Waals surface area contributed by atoms with Gasteiger partial charge in [0.2, 0.25) is 5.91 Å². The van der Waals surface area contributed by atoms with Gasteiger partial charge < -0.3 is 5.32 Å². The molecule has 0 saturated carbocycles. The molecule has 0 radical (unpaired) electrons. The number of nitrogens with one attached hydrogen (secondary N) is 1. The van der Waals surface area contributed by atoms with Crippen molar-refractivity contribution in [1.82, 2.24) is 4.98 Å². The van der Waals surface area contributed by atoms with E-state index in [2.05, 4.69) is 17.2 Å². The molecule has 0 aliphatic rings. The molecule has 1 aromatic heterocycles. The average molecular weight is 417 g/mol. The largest absolute Gasteiger partial charge is 0.321 e. The third-order valence-corrected chi connectivity index (χ3v) is 5.15. The Labute approximate surface area is 179 Å². The number of para-hydroxylation sites is 1. The van der Waals surface area contributed by atoms with E-state index in [0.29, 0.717) is 22.2 Å². The molecule has 3 aromatic rings. The van der Waals surface area contributed by atoms with Crippen LogP contribution >= 0.6 is 11.3 Å². The summed E-state index contributed by atoms with van der Waals surface area (Å²) < 4.78 is 0. The molecule has 30 heavy (non-hydrogen) atoms. The highest BCUT2D eigenvalue weighted by Gasteiger charge is 2.18. The minimum Gasteiger partial charge on any atom is -0.321 e. The zero-order valence-electron chi connectivity index (χ0n) is 16.6. The predicted molar refractivity (Wildman–Crippen MR) is 119 cm³/mol. The van der Waals surface area contributed by atoms with Crippen LogP contribution in [0.4, 0.5) is 16.5 Å². The van der Waals surface area contributed by atoms with E-state index >= 15 is 0 Å². The third kappa shape index (κ3) is 4.99. The van der Waals surface area contributed by atoms with Gasteiger partial charge in [0.15, 0.2) is 5.13 Å². The van der Waals surface area contributed by atoms with Gasteiger partial charge in [-0.15, -0.1) is 11.3 Å². The number of hydrogen-bond acceptors (Lipinski definition) is 5. The fourth-order valence-electron chi connectivity index (χ4n) is 2.77. The Morgan fingerprint density at radius 1 is 1.17 bits per heavy atom. The van der Waals surface area contributed by atoms with E-state index in [4.69, 9.17) is 0 Å². The van der Waals surface area contributed by atoms with Crippen molar-refractivity contribution < 1.29 is 9.59 Å². The van der Waals surface area contributed by atoms with Crippen LogP contribution in [-0.2, 0) is 16.0 Å². The minimum absolute atomic E-state index is 0.0690. The number of nitriles is 1. The van der Waals surface area contributed by atoms with E-state index in [0.717, 1.165) is 12.0 Å². The second-order valence-electron chi connectivity index (χ2n) is 6.42. The summed E-state index contributed by atoms with van der Waals surface area (Å²) in [6.45, 7) is 3.51. The fraction of sp³-hybridized carbons (Fsp3) is 0.130. The highest BCUT2D eigenvalue weighted by molar-refractivity contribution is 7.14. The molecule has 2 amide bonds. The van der Waals surface area contributed by atoms with Crippen LogP contribution in [0.3, 0.4) is 0 Å². The van der Waals surface area contributed by atoms with Gasteiger partial charge in [0.25, 0.3) is 5.91 Å². The van der Waals surface area contributed by atoms with Crippen LogP contribution < -0.4 is 10.2 Å². The Morgan fingerprint density at radius 2 is 1.87 bits per heavy atom. The number of benzene rings is 2. The number of rotatable bonds is 6. The highest BCUT2D eigenvalue weighted by Crippen LogP contribution is 2.29. The van der Waals surface area contributed by atoms with Crippen molar-refractivity contribution in [2.75, 3.05) is 10.2 Å². The molecule has 0 unspecified atom stereocenters. The summed E-state index contributed by atoms with van der Waals surface area (Å²) in [7, 11) is 0. The minimum atomic E-state index is -0.511. The number of carbonyl (C=O) groups is 2. The van der Waals surface area contributed by atoms with Crippen LogP contribution in [0.5, 0.6) is 0 Å². The summed E-state index contributed by atoms with van der Waals surface area (Å²) in [5.41, 5.74) is 2.84. The summed E-state index contributed by atoms with van der Waals surface area (Å²) in [5.74, 6) is -0.692. The van der Waals surface area contributed by atoms with Gasteiger partial charge in [-0.05, 0) is 42.3 Å². The molecule has 6 nitrogen and oxygen atoms in total. The molecule has 0 atom stereocenters. The molecule has 1 N–H and O–H groups in total. The fourth-order valence-corrected chi connectivity index (χ4v) is 3.61. The van der Waals surface area contributed by atoms with Gasteiger partial charge in [-0.2, -0.15) is 5.26 Å². The van der Waals surface area contributed by atoms with Crippen molar-refractivity contribution in [3.63, 3.8) is 0 Å². The topological polar surface area (TPSA) is 86.1 Å². The van der Waals surface area contributed by atoms with Crippen LogP contribution in [0.1, 0.15) is 25.1 Å². The van der Waals surface area contributed by atoms with Gasteiger partial charge in [0, 0.05) is 18.0 Å². The lowest BCUT2D eigenvalue weighted by Gasteiger charge is -2.17. The normalized spacial score (nSPS) is 10.9. The number of aryl methyl sites for hydroxylation is 1. The lowest BCUT2D eigenvalue weighted by molar-refractivity contribution is -0.116. The maximum Gasteiger partial charge on any atom is 0.266 e. The van der Waals surface area contributed by atoms with Crippen LogP contribution in [0, 0.1) is 11.3 Å². The number of carbonyl (C=O) groups excluding carboxylic acids is 2. The lowest BCUT2D eigenvalue weighted by Crippen LogP contribution is -2.22. The van der Waals surface area contributed by atoms with Gasteiger partial charge >= 0.3 is 0 Å². The third-order valence-electron chi connectivity index (χ3n) is 4.31. The van der Waals surface area contributed by atoms with Crippen molar-refractivity contribution in [2.45, 2.75) is 20.3 Å². The molecule has 150 valence electrons. The summed E-state index contributed by atoms with van der Waals surface area (Å²) in [6.07, 6.45) is 2.32. The first-order chi connectivity index (χ1) is 14.5. The lowest BCUT2D eigenvalue weighted by atomic mass is 10.1. The second kappa shape index (κ2) is 9.63. The van der Waals surface area contributed by atoms with E-state index < -0.39 is 5.91 Å². The van der Waals surface area contributed by atoms with Crippen molar-refractivity contribution in [1.29, 1.82) is 5.26 Å². The molecule has 1 heterocycles. The Balaban J connectivity index is 1.81. The maximum atomic E-state index is 12.5. The Hall–Kier alpha value is -3.76. The Kier molecular flexibility index (Phi) is 6.73. The number of aromatic nitrogens is 1. The summed E-state index contributed by atoms with van der Waals surface area (Å²) >= 11 is 1.26. The summed E-state index contributed by atoms with van der Waals surface area (Å²) in [4.78, 5) is 30.5. The van der Waals surface area contributed by atoms with Gasteiger partial charge in [0.05, 0.1) is 11.4 Å². The summed E-state index contributed by atoms with van der Waals surface area (Å²) in [6, 6.07) is 18.6. The first-order valence-corrected chi connectivity index (χ1v) is 10.2. The van der Waals surface area contributed by atoms with E-state index in [1.165, 1.54) is 29.2 Å². The van der Waals surface area contributed by atoms with Crippen LogP contribution in [0.2, 0.25) is 0 Å². The van der Waals surface area contributed by atoms with Gasteiger partial charge in [-0.25, -0.2) is 4.98 Å². The smallest absolute Gasteiger partial charge is 0.266 e. The molecular formula is C23H20N4O2S. The van der Waals surface area contributed by atoms with Crippen LogP contribution in [0.15, 0.2) is 65.6 Å². The maximum absolute atomic E-state index is 12.5. The molecule has 0 aliphatic heterocycles. The Bertz CT molecular complexity index is 1110. The van der Waals surface area contributed by atoms with Crippen molar-refractivity contribution >= 4 is 45.7 Å². The van der Waals surface area contributed by atoms with Crippen molar-refractivity contribution in [2.24, 2.45) is 0 Å². The predicted octanol–water partition coefficient (Wildman–Crippen LogP) is 4.94. The summed E-state index contributed by atoms with van der Waals surface area (Å²) in [5, 5.41) is 14.3. The monoisotopic (exact) mass is 416 g/mol. The van der Waals surface area contributed by atoms with Crippen LogP contribution in [-0.4, -0.2) is 16.8 Å². The molecule has 7 heteroatoms. The second-order valence-corrected chi connectivity index (χ2v) is 7.26. The molecule has 0 saturated heterocycles. The Morgan fingerprint density at radius 3 is 2.47 bits per heavy atom. The molecule has 3 rings (SSSR count). The number of anilines is 3. The molecular weight excluding hydrogens is 396 g/mol. The van der Waals surface area contributed by atoms with Crippen molar-refractivity contribution in [3.05, 3.63) is 76.8 Å². The number of hydrogen-bond donors (Lipinski definition) is 1. The number of nitrogens with zero attached hydrogens (tertiary/aromatic N) is 3. The van der Waals surface area contributed by atoms with E-state index in [1.54, 1.807) is 17.5 Å². The van der Waals surface area contributed by atoms with Crippen LogP contribution in [0.25, 0.3) is 6.08 Å². The number of thiazole rings is 1. The number of amides is 2. The average Bonchev–Trinajstić information content (AvgIpc) is 3.21. The first-order valence-electron chi connectivity index (χ1n) is 9.35. The molecule has 0 aliphatic carbocycles. The quantitative estimate of drug-likeness (QED) is 0.456. The molecule has 0 fully saturated rings. The van der Waals surface area contributed by atoms with E-state index in [1.807, 2.05) is 48.5 Å². The molecule has 2 aromatic carbocycles. The highest BCUT2D eigenvalue weighted by atomic mass is 32.1. The van der Waals surface area contributed by atoms with E-state index in [9.17, 15) is 14.9 Å². The first kappa shape index (κ1) is 21.0. The molecule has 0 spiro atoms. The zero-order chi connectivity index (χ0) is 21.5. The zero-order valence-corrected chi connectivity index (χ0v) is 17.4. The van der Waals surface area contributed by atoms with Gasteiger partial charge in [0.1, 0.15) is 11.6 Å². The van der Waals surface area contributed by atoms with Crippen molar-refractivity contribution in [3.8, 4) is 6.07 Å². The SMILES string of the molecule is CCc1ccc(NC(=O)/C(C#N)=C/c2csc(N(C(C)=O)c3ccccc3)n2)cc1. The van der Waals surface area contributed by atoms with E-state index in [-0.39, 0.29) is 11.5 Å². The van der Waals surface area contributed by atoms with Gasteiger partial charge in [-0.3, -0.25) is 14.5 Å². The molecule has 0 bridgehead atoms. The standard InChI is InChI=1S/C23H20N4O2S/c1-3-17-9-11-19(12-10-17)25-22(29)18(14-24)13-20-15-30-23(26-20)27(16(2)28)21-7-5-4-6-8-21/h4-13,15H,3H2,1-2H3,(H,25,29)/b18-13+. The van der Waals surface area contributed by atoms with Gasteiger partial charge in [-0.1, -0.05) is 37.3 Å².